The van der Waals surface area contributed by atoms with Gasteiger partial charge in [-0.3, -0.25) is 4.90 Å². The zero-order chi connectivity index (χ0) is 19.6. The van der Waals surface area contributed by atoms with E-state index < -0.39 is 11.6 Å². The quantitative estimate of drug-likeness (QED) is 0.372. The highest BCUT2D eigenvalue weighted by Gasteiger charge is 2.45. The molecular weight excluding hydrogens is 356 g/mol. The number of fused-ring (bicyclic) bond motifs is 3. The number of hydrogen-bond donors (Lipinski definition) is 1. The molecule has 1 N–H and O–H groups in total. The van der Waals surface area contributed by atoms with Crippen LogP contribution in [-0.2, 0) is 15.1 Å². The number of carbonyl (C=O) groups is 1. The normalized spacial score (nSPS) is 25.4. The fourth-order valence-corrected chi connectivity index (χ4v) is 4.17. The third kappa shape index (κ3) is 3.36. The smallest absolute Gasteiger partial charge is 0.348 e. The predicted octanol–water partition coefficient (Wildman–Crippen LogP) is 3.50. The third-order valence-electron chi connectivity index (χ3n) is 5.79. The lowest BCUT2D eigenvalue weighted by atomic mass is 9.84. The Balaban J connectivity index is 1.67. The topological polar surface area (TPSA) is 98.5 Å². The van der Waals surface area contributed by atoms with Gasteiger partial charge in [-0.2, -0.15) is 0 Å². The van der Waals surface area contributed by atoms with E-state index in [1.165, 1.54) is 0 Å². The summed E-state index contributed by atoms with van der Waals surface area (Å²) in [6.07, 6.45) is 1.83. The average molecular weight is 378 g/mol. The molecule has 3 fully saturated rings. The van der Waals surface area contributed by atoms with Crippen LogP contribution in [-0.4, -0.2) is 41.7 Å². The van der Waals surface area contributed by atoms with Crippen molar-refractivity contribution in [2.45, 2.75) is 24.5 Å². The van der Waals surface area contributed by atoms with Gasteiger partial charge in [-0.25, -0.2) is 4.79 Å². The van der Waals surface area contributed by atoms with Gasteiger partial charge in [0.05, 0.1) is 0 Å². The molecule has 3 heterocycles. The van der Waals surface area contributed by atoms with Crippen LogP contribution in [0.15, 0.2) is 59.7 Å². The summed E-state index contributed by atoms with van der Waals surface area (Å²) in [5.41, 5.74) is 7.88. The van der Waals surface area contributed by atoms with Crippen LogP contribution in [0.1, 0.15) is 24.0 Å². The van der Waals surface area contributed by atoms with Crippen molar-refractivity contribution in [3.8, 4) is 0 Å². The summed E-state index contributed by atoms with van der Waals surface area (Å²) in [6, 6.07) is 15.1. The Morgan fingerprint density at radius 2 is 1.75 bits per heavy atom. The highest BCUT2D eigenvalue weighted by molar-refractivity contribution is 5.85. The lowest BCUT2D eigenvalue weighted by Crippen LogP contribution is -2.53. The highest BCUT2D eigenvalue weighted by Crippen LogP contribution is 2.35. The molecule has 0 aliphatic carbocycles. The number of rotatable bonds is 5. The number of nitrogens with zero attached hydrogens (tertiary/aromatic N) is 4. The van der Waals surface area contributed by atoms with Crippen molar-refractivity contribution < 1.29 is 14.6 Å². The second-order valence-electron chi connectivity index (χ2n) is 7.39. The van der Waals surface area contributed by atoms with Crippen LogP contribution in [0.25, 0.3) is 10.4 Å². The van der Waals surface area contributed by atoms with E-state index in [-0.39, 0.29) is 6.10 Å². The summed E-state index contributed by atoms with van der Waals surface area (Å²) < 4.78 is 5.86. The molecule has 3 saturated heterocycles. The van der Waals surface area contributed by atoms with E-state index >= 15 is 0 Å². The summed E-state index contributed by atoms with van der Waals surface area (Å²) in [7, 11) is 0. The molecule has 5 rings (SSSR count). The van der Waals surface area contributed by atoms with Crippen molar-refractivity contribution in [2.75, 3.05) is 19.6 Å². The zero-order valence-corrected chi connectivity index (χ0v) is 15.4. The van der Waals surface area contributed by atoms with Gasteiger partial charge in [-0.1, -0.05) is 59.7 Å². The monoisotopic (exact) mass is 378 g/mol. The first-order valence-corrected chi connectivity index (χ1v) is 9.48. The number of ether oxygens (including phenoxy) is 1. The molecule has 144 valence electrons. The number of esters is 1. The first kappa shape index (κ1) is 18.5. The molecule has 2 bridgehead atoms. The van der Waals surface area contributed by atoms with Gasteiger partial charge in [0, 0.05) is 17.1 Å². The number of carbonyl (C=O) groups excluding carboxylic acids is 1. The fraction of sp³-hybridized carbons (Fsp3) is 0.381. The maximum absolute atomic E-state index is 13.2. The summed E-state index contributed by atoms with van der Waals surface area (Å²) in [6.45, 7) is 2.81. The number of benzene rings is 2. The average Bonchev–Trinajstić information content (AvgIpc) is 2.75. The molecule has 3 aliphatic rings. The number of hydrogen-bond acceptors (Lipinski definition) is 5. The fourth-order valence-electron chi connectivity index (χ4n) is 4.17. The molecule has 0 saturated carbocycles. The molecule has 28 heavy (non-hydrogen) atoms. The summed E-state index contributed by atoms with van der Waals surface area (Å²) in [5, 5.41) is 15.1. The molecule has 2 aromatic carbocycles. The summed E-state index contributed by atoms with van der Waals surface area (Å²) in [4.78, 5) is 18.3. The van der Waals surface area contributed by atoms with E-state index in [4.69, 9.17) is 10.3 Å². The lowest BCUT2D eigenvalue weighted by Gasteiger charge is -2.44. The Labute approximate surface area is 163 Å². The van der Waals surface area contributed by atoms with Gasteiger partial charge in [-0.15, -0.1) is 0 Å². The van der Waals surface area contributed by atoms with Crippen LogP contribution in [0.5, 0.6) is 0 Å². The van der Waals surface area contributed by atoms with E-state index in [0.717, 1.165) is 32.5 Å². The molecule has 0 aromatic heterocycles. The molecule has 0 spiro atoms. The Morgan fingerprint density at radius 1 is 1.11 bits per heavy atom. The summed E-state index contributed by atoms with van der Waals surface area (Å²) in [5.74, 6) is -0.324. The van der Waals surface area contributed by atoms with Gasteiger partial charge in [-0.05, 0) is 48.5 Å². The van der Waals surface area contributed by atoms with Crippen LogP contribution in [0.3, 0.4) is 0 Å². The second kappa shape index (κ2) is 7.64. The van der Waals surface area contributed by atoms with Gasteiger partial charge in [0.1, 0.15) is 6.10 Å². The minimum absolute atomic E-state index is 0.201. The minimum atomic E-state index is -1.93. The molecule has 7 heteroatoms. The molecule has 2 aromatic rings. The zero-order valence-electron chi connectivity index (χ0n) is 15.4. The highest BCUT2D eigenvalue weighted by atomic mass is 16.6. The molecule has 0 amide bonds. The van der Waals surface area contributed by atoms with Crippen molar-refractivity contribution in [1.82, 2.24) is 4.90 Å². The summed E-state index contributed by atoms with van der Waals surface area (Å²) >= 11 is 0. The standard InChI is InChI=1S/C21H22N4O3/c22-24-23-18-8-6-17(7-9-18)21(27,16-4-2-1-3-5-16)20(26)28-19-14-25-12-10-15(19)11-13-25/h1-9,15,19,27H,10-14H2. The Hall–Kier alpha value is -2.86. The Bertz CT molecular complexity index is 888. The molecule has 3 aliphatic heterocycles. The SMILES string of the molecule is [N-]=[N+]=Nc1ccc(C(O)(C(=O)OC2CN3CCC2CC3)c2ccccc2)cc1. The number of piperidine rings is 3. The van der Waals surface area contributed by atoms with Gasteiger partial charge in [0.25, 0.3) is 0 Å². The first-order chi connectivity index (χ1) is 13.6. The molecule has 2 unspecified atom stereocenters. The van der Waals surface area contributed by atoms with Crippen molar-refractivity contribution in [3.63, 3.8) is 0 Å². The number of aliphatic hydroxyl groups is 1. The van der Waals surface area contributed by atoms with Crippen molar-refractivity contribution in [1.29, 1.82) is 0 Å². The van der Waals surface area contributed by atoms with Crippen LogP contribution in [0.4, 0.5) is 5.69 Å². The third-order valence-corrected chi connectivity index (χ3v) is 5.79. The second-order valence-corrected chi connectivity index (χ2v) is 7.39. The van der Waals surface area contributed by atoms with E-state index in [2.05, 4.69) is 14.9 Å². The van der Waals surface area contributed by atoms with Gasteiger partial charge >= 0.3 is 5.97 Å². The minimum Gasteiger partial charge on any atom is -0.458 e. The largest absolute Gasteiger partial charge is 0.458 e. The maximum Gasteiger partial charge on any atom is 0.348 e. The number of azide groups is 1. The lowest BCUT2D eigenvalue weighted by molar-refractivity contribution is -0.177. The van der Waals surface area contributed by atoms with Crippen LogP contribution in [0, 0.1) is 5.92 Å². The van der Waals surface area contributed by atoms with E-state index in [0.29, 0.717) is 22.7 Å². The van der Waals surface area contributed by atoms with E-state index in [1.54, 1.807) is 48.5 Å². The molecule has 7 nitrogen and oxygen atoms in total. The van der Waals surface area contributed by atoms with Crippen LogP contribution >= 0.6 is 0 Å². The first-order valence-electron chi connectivity index (χ1n) is 9.48. The van der Waals surface area contributed by atoms with E-state index in [9.17, 15) is 9.90 Å². The molecular formula is C21H22N4O3. The maximum atomic E-state index is 13.2. The van der Waals surface area contributed by atoms with Gasteiger partial charge < -0.3 is 9.84 Å². The molecule has 2 atom stereocenters. The Morgan fingerprint density at radius 3 is 2.32 bits per heavy atom. The molecule has 0 radical (unpaired) electrons. The van der Waals surface area contributed by atoms with Crippen molar-refractivity contribution >= 4 is 11.7 Å². The van der Waals surface area contributed by atoms with Crippen LogP contribution < -0.4 is 0 Å². The van der Waals surface area contributed by atoms with E-state index in [1.807, 2.05) is 6.07 Å². The predicted molar refractivity (Wildman–Crippen MR) is 104 cm³/mol. The van der Waals surface area contributed by atoms with Crippen molar-refractivity contribution in [2.24, 2.45) is 11.0 Å². The van der Waals surface area contributed by atoms with Crippen molar-refractivity contribution in [3.05, 3.63) is 76.2 Å². The van der Waals surface area contributed by atoms with Crippen LogP contribution in [0.2, 0.25) is 0 Å². The van der Waals surface area contributed by atoms with Gasteiger partial charge in [0.2, 0.25) is 5.60 Å². The van der Waals surface area contributed by atoms with Gasteiger partial charge in [0.15, 0.2) is 0 Å². The Kier molecular flexibility index (Phi) is 5.05.